The highest BCUT2D eigenvalue weighted by Gasteiger charge is 2.35. The van der Waals surface area contributed by atoms with Crippen molar-refractivity contribution in [2.24, 2.45) is 0 Å². The third-order valence-electron chi connectivity index (χ3n) is 6.74. The number of aromatic hydroxyl groups is 1. The predicted molar refractivity (Wildman–Crippen MR) is 138 cm³/mol. The van der Waals surface area contributed by atoms with E-state index in [1.54, 1.807) is 19.2 Å². The lowest BCUT2D eigenvalue weighted by molar-refractivity contribution is 0.0783. The number of carbonyl (C=O) groups excluding carboxylic acids is 1. The monoisotopic (exact) mass is 555 g/mol. The molecule has 12 heteroatoms. The van der Waals surface area contributed by atoms with Crippen LogP contribution in [0, 0.1) is 24.4 Å². The van der Waals surface area contributed by atoms with Gasteiger partial charge in [0.1, 0.15) is 17.5 Å². The number of pyridine rings is 1. The van der Waals surface area contributed by atoms with Crippen LogP contribution >= 0.6 is 11.3 Å². The van der Waals surface area contributed by atoms with E-state index in [2.05, 4.69) is 15.0 Å². The van der Waals surface area contributed by atoms with Crippen LogP contribution in [0.3, 0.4) is 0 Å². The number of aromatic nitrogens is 4. The molecule has 0 saturated carbocycles. The fourth-order valence-electron chi connectivity index (χ4n) is 4.97. The van der Waals surface area contributed by atoms with Crippen molar-refractivity contribution >= 4 is 17.2 Å². The third kappa shape index (κ3) is 5.03. The normalized spacial score (nSPS) is 16.0. The van der Waals surface area contributed by atoms with Crippen molar-refractivity contribution < 1.29 is 23.1 Å². The van der Waals surface area contributed by atoms with Gasteiger partial charge in [0.25, 0.3) is 11.5 Å². The SMILES string of the molecule is CC[C@@H](c1cc(F)cc(F)c1)n1c(-c2nc(C)cs2)nc(O)c(C(=O)N2CCC(c3ncccc3F)C2)c1=O. The van der Waals surface area contributed by atoms with Gasteiger partial charge in [-0.25, -0.2) is 18.2 Å². The van der Waals surface area contributed by atoms with Crippen LogP contribution in [-0.2, 0) is 0 Å². The number of likely N-dealkylation sites (tertiary alicyclic amines) is 1. The summed E-state index contributed by atoms with van der Waals surface area (Å²) in [5.41, 5.74) is -0.431. The van der Waals surface area contributed by atoms with Gasteiger partial charge in [-0.15, -0.1) is 11.3 Å². The Morgan fingerprint density at radius 3 is 2.59 bits per heavy atom. The Hall–Kier alpha value is -4.06. The summed E-state index contributed by atoms with van der Waals surface area (Å²) in [6.07, 6.45) is 2.10. The largest absolute Gasteiger partial charge is 0.493 e. The molecule has 202 valence electrons. The summed E-state index contributed by atoms with van der Waals surface area (Å²) in [6, 6.07) is 4.80. The van der Waals surface area contributed by atoms with Gasteiger partial charge >= 0.3 is 0 Å². The first kappa shape index (κ1) is 26.5. The average molecular weight is 556 g/mol. The number of aryl methyl sites for hydroxylation is 1. The number of amides is 1. The van der Waals surface area contributed by atoms with Crippen molar-refractivity contribution in [3.05, 3.63) is 92.2 Å². The topological polar surface area (TPSA) is 101 Å². The van der Waals surface area contributed by atoms with Crippen molar-refractivity contribution in [1.82, 2.24) is 24.4 Å². The highest BCUT2D eigenvalue weighted by molar-refractivity contribution is 7.13. The molecule has 1 aliphatic heterocycles. The number of rotatable bonds is 6. The molecule has 0 spiro atoms. The first-order chi connectivity index (χ1) is 18.7. The maximum atomic E-state index is 14.3. The average Bonchev–Trinajstić information content (AvgIpc) is 3.55. The summed E-state index contributed by atoms with van der Waals surface area (Å²) in [7, 11) is 0. The Labute approximate surface area is 225 Å². The molecular weight excluding hydrogens is 531 g/mol. The summed E-state index contributed by atoms with van der Waals surface area (Å²) >= 11 is 1.17. The van der Waals surface area contributed by atoms with Crippen molar-refractivity contribution in [3.63, 3.8) is 0 Å². The predicted octanol–water partition coefficient (Wildman–Crippen LogP) is 4.82. The quantitative estimate of drug-likeness (QED) is 0.366. The molecular formula is C27H24F3N5O3S. The van der Waals surface area contributed by atoms with Gasteiger partial charge in [-0.2, -0.15) is 4.98 Å². The number of hydrogen-bond donors (Lipinski definition) is 1. The van der Waals surface area contributed by atoms with Crippen LogP contribution in [0.5, 0.6) is 5.88 Å². The summed E-state index contributed by atoms with van der Waals surface area (Å²) in [4.78, 5) is 41.6. The molecule has 5 rings (SSSR count). The van der Waals surface area contributed by atoms with E-state index in [0.717, 1.165) is 22.8 Å². The molecule has 8 nitrogen and oxygen atoms in total. The number of hydrogen-bond acceptors (Lipinski definition) is 7. The number of benzene rings is 1. The molecule has 1 saturated heterocycles. The minimum atomic E-state index is -0.921. The second-order valence-corrected chi connectivity index (χ2v) is 10.2. The Morgan fingerprint density at radius 2 is 1.95 bits per heavy atom. The number of nitrogens with zero attached hydrogens (tertiary/aromatic N) is 5. The van der Waals surface area contributed by atoms with Gasteiger partial charge in [0.05, 0.1) is 11.7 Å². The van der Waals surface area contributed by atoms with Gasteiger partial charge in [0.2, 0.25) is 5.88 Å². The molecule has 0 radical (unpaired) electrons. The molecule has 4 aromatic rings. The van der Waals surface area contributed by atoms with Gasteiger partial charge in [0.15, 0.2) is 16.4 Å². The van der Waals surface area contributed by atoms with Crippen molar-refractivity contribution in [2.75, 3.05) is 13.1 Å². The first-order valence-corrected chi connectivity index (χ1v) is 13.2. The summed E-state index contributed by atoms with van der Waals surface area (Å²) < 4.78 is 43.8. The molecule has 0 bridgehead atoms. The zero-order chi connectivity index (χ0) is 27.8. The van der Waals surface area contributed by atoms with E-state index in [1.807, 2.05) is 0 Å². The Morgan fingerprint density at radius 1 is 1.21 bits per heavy atom. The van der Waals surface area contributed by atoms with Crippen LogP contribution < -0.4 is 5.56 Å². The van der Waals surface area contributed by atoms with E-state index in [-0.39, 0.29) is 42.5 Å². The molecule has 1 unspecified atom stereocenters. The highest BCUT2D eigenvalue weighted by Crippen LogP contribution is 2.33. The Bertz CT molecular complexity index is 1600. The lowest BCUT2D eigenvalue weighted by Gasteiger charge is -2.24. The minimum Gasteiger partial charge on any atom is -0.493 e. The second-order valence-electron chi connectivity index (χ2n) is 9.34. The summed E-state index contributed by atoms with van der Waals surface area (Å²) in [6.45, 7) is 3.76. The van der Waals surface area contributed by atoms with Crippen LogP contribution in [0.25, 0.3) is 10.8 Å². The molecule has 1 aromatic carbocycles. The van der Waals surface area contributed by atoms with E-state index in [0.29, 0.717) is 17.1 Å². The molecule has 2 atom stereocenters. The molecule has 4 heterocycles. The van der Waals surface area contributed by atoms with E-state index >= 15 is 0 Å². The van der Waals surface area contributed by atoms with Crippen LogP contribution in [0.1, 0.15) is 59.0 Å². The molecule has 1 amide bonds. The minimum absolute atomic E-state index is 0.0291. The molecule has 3 aromatic heterocycles. The van der Waals surface area contributed by atoms with Gasteiger partial charge in [-0.3, -0.25) is 19.1 Å². The van der Waals surface area contributed by atoms with Gasteiger partial charge < -0.3 is 10.0 Å². The van der Waals surface area contributed by atoms with Crippen LogP contribution in [-0.4, -0.2) is 48.5 Å². The Kier molecular flexibility index (Phi) is 7.21. The molecule has 1 N–H and O–H groups in total. The highest BCUT2D eigenvalue weighted by atomic mass is 32.1. The Balaban J connectivity index is 1.61. The third-order valence-corrected chi connectivity index (χ3v) is 7.69. The maximum Gasteiger partial charge on any atom is 0.271 e. The lowest BCUT2D eigenvalue weighted by Crippen LogP contribution is -2.38. The maximum absolute atomic E-state index is 14.3. The van der Waals surface area contributed by atoms with E-state index in [4.69, 9.17) is 0 Å². The molecule has 0 aliphatic carbocycles. The molecule has 39 heavy (non-hydrogen) atoms. The fourth-order valence-corrected chi connectivity index (χ4v) is 5.75. The number of carbonyl (C=O) groups is 1. The summed E-state index contributed by atoms with van der Waals surface area (Å²) in [5.74, 6) is -4.11. The van der Waals surface area contributed by atoms with E-state index < -0.39 is 46.4 Å². The van der Waals surface area contributed by atoms with Gasteiger partial charge in [0, 0.05) is 42.3 Å². The number of thiazole rings is 1. The van der Waals surface area contributed by atoms with Crippen LogP contribution in [0.2, 0.25) is 0 Å². The van der Waals surface area contributed by atoms with Crippen molar-refractivity contribution in [2.45, 2.75) is 38.6 Å². The zero-order valence-corrected chi connectivity index (χ0v) is 21.9. The number of halogens is 3. The van der Waals surface area contributed by atoms with E-state index in [1.165, 1.54) is 34.6 Å². The first-order valence-electron chi connectivity index (χ1n) is 12.3. The standard InChI is InChI=1S/C27H24F3N5O3S/c1-3-20(16-9-17(28)11-18(29)10-16)35-23(25-32-14(2)13-39-25)33-24(36)21(27(35)38)26(37)34-8-6-15(12-34)22-19(30)5-4-7-31-22/h4-5,7,9-11,13,15,20,36H,3,6,8,12H2,1-2H3/t15?,20-/m0/s1. The molecule has 1 fully saturated rings. The van der Waals surface area contributed by atoms with Gasteiger partial charge in [-0.05, 0) is 49.6 Å². The van der Waals surface area contributed by atoms with Crippen LogP contribution in [0.4, 0.5) is 13.2 Å². The fraction of sp³-hybridized carbons (Fsp3) is 0.296. The smallest absolute Gasteiger partial charge is 0.271 e. The molecule has 1 aliphatic rings. The summed E-state index contributed by atoms with van der Waals surface area (Å²) in [5, 5.41) is 12.9. The van der Waals surface area contributed by atoms with Crippen LogP contribution in [0.15, 0.2) is 46.7 Å². The second kappa shape index (κ2) is 10.6. The van der Waals surface area contributed by atoms with Gasteiger partial charge in [-0.1, -0.05) is 6.92 Å². The lowest BCUT2D eigenvalue weighted by atomic mass is 10.0. The van der Waals surface area contributed by atoms with Crippen molar-refractivity contribution in [3.8, 4) is 16.7 Å². The van der Waals surface area contributed by atoms with E-state index in [9.17, 15) is 27.9 Å². The zero-order valence-electron chi connectivity index (χ0n) is 21.1. The van der Waals surface area contributed by atoms with Crippen molar-refractivity contribution in [1.29, 1.82) is 0 Å².